The molecular weight excluding hydrogens is 409 g/mol. The molecule has 1 fully saturated rings. The van der Waals surface area contributed by atoms with Crippen LogP contribution < -0.4 is 0 Å². The Bertz CT molecular complexity index is 453. The van der Waals surface area contributed by atoms with Crippen molar-refractivity contribution >= 4 is 44.4 Å². The fourth-order valence-corrected chi connectivity index (χ4v) is 3.43. The lowest BCUT2D eigenvalue weighted by Gasteiger charge is -2.35. The minimum Gasteiger partial charge on any atom is -0.507 e. The van der Waals surface area contributed by atoms with Crippen LogP contribution in [0.25, 0.3) is 0 Å². The molecule has 0 radical (unpaired) electrons. The maximum atomic E-state index is 12.5. The van der Waals surface area contributed by atoms with Crippen LogP contribution >= 0.6 is 38.5 Å². The number of phenols is 1. The fraction of sp³-hybridized carbons (Fsp3) is 0.462. The van der Waals surface area contributed by atoms with Crippen molar-refractivity contribution in [2.24, 2.45) is 0 Å². The molecule has 0 aliphatic carbocycles. The predicted molar refractivity (Wildman–Crippen MR) is 83.3 cm³/mol. The van der Waals surface area contributed by atoms with Gasteiger partial charge in [0.1, 0.15) is 5.75 Å². The molecule has 0 saturated carbocycles. The Morgan fingerprint density at radius 2 is 2.28 bits per heavy atom. The van der Waals surface area contributed by atoms with Gasteiger partial charge in [0.05, 0.1) is 5.56 Å². The number of nitrogens with zero attached hydrogens (tertiary/aromatic N) is 1. The van der Waals surface area contributed by atoms with E-state index in [1.165, 1.54) is 6.42 Å². The van der Waals surface area contributed by atoms with Crippen LogP contribution in [-0.2, 0) is 0 Å². The van der Waals surface area contributed by atoms with E-state index in [2.05, 4.69) is 38.5 Å². The van der Waals surface area contributed by atoms with E-state index < -0.39 is 0 Å². The Morgan fingerprint density at radius 3 is 3.00 bits per heavy atom. The number of hydrogen-bond acceptors (Lipinski definition) is 2. The van der Waals surface area contributed by atoms with E-state index in [1.54, 1.807) is 18.2 Å². The summed E-state index contributed by atoms with van der Waals surface area (Å²) < 4.78 is 0.959. The lowest BCUT2D eigenvalue weighted by molar-refractivity contribution is 0.0639. The van der Waals surface area contributed by atoms with Gasteiger partial charge in [0.2, 0.25) is 0 Å². The molecule has 98 valence electrons. The van der Waals surface area contributed by atoms with Gasteiger partial charge in [-0.2, -0.15) is 0 Å². The van der Waals surface area contributed by atoms with E-state index in [1.807, 2.05) is 4.90 Å². The van der Waals surface area contributed by atoms with Crippen molar-refractivity contribution in [2.75, 3.05) is 11.9 Å². The van der Waals surface area contributed by atoms with Gasteiger partial charge in [0.15, 0.2) is 0 Å². The number of aromatic hydroxyl groups is 1. The second-order valence-corrected chi connectivity index (χ2v) is 6.36. The molecule has 1 saturated heterocycles. The zero-order chi connectivity index (χ0) is 13.1. The summed E-state index contributed by atoms with van der Waals surface area (Å²) in [5.74, 6) is 0.00878. The van der Waals surface area contributed by atoms with Crippen LogP contribution in [0.2, 0.25) is 0 Å². The van der Waals surface area contributed by atoms with Crippen molar-refractivity contribution < 1.29 is 9.90 Å². The van der Waals surface area contributed by atoms with Gasteiger partial charge in [-0.1, -0.05) is 15.9 Å². The molecule has 1 aromatic rings. The standard InChI is InChI=1S/C13H15BrINO2/c14-8-10-3-1-2-6-16(10)13(18)11-7-9(15)4-5-12(11)17/h4-5,7,10,17H,1-3,6,8H2. The fourth-order valence-electron chi connectivity index (χ4n) is 2.26. The zero-order valence-corrected chi connectivity index (χ0v) is 13.6. The van der Waals surface area contributed by atoms with E-state index in [0.717, 1.165) is 28.3 Å². The molecular formula is C13H15BrINO2. The minimum absolute atomic E-state index is 0.0600. The van der Waals surface area contributed by atoms with Crippen LogP contribution in [0.5, 0.6) is 5.75 Å². The summed E-state index contributed by atoms with van der Waals surface area (Å²) in [7, 11) is 0. The zero-order valence-electron chi connectivity index (χ0n) is 9.90. The molecule has 2 rings (SSSR count). The highest BCUT2D eigenvalue weighted by atomic mass is 127. The second-order valence-electron chi connectivity index (χ2n) is 4.46. The summed E-state index contributed by atoms with van der Waals surface area (Å²) in [6.45, 7) is 0.778. The average molecular weight is 424 g/mol. The molecule has 1 aliphatic rings. The number of carbonyl (C=O) groups excluding carboxylic acids is 1. The quantitative estimate of drug-likeness (QED) is 0.585. The van der Waals surface area contributed by atoms with Gasteiger partial charge in [-0.3, -0.25) is 4.79 Å². The predicted octanol–water partition coefficient (Wildman–Crippen LogP) is 3.39. The number of amides is 1. The SMILES string of the molecule is O=C(c1cc(I)ccc1O)N1CCCCC1CBr. The van der Waals surface area contributed by atoms with E-state index >= 15 is 0 Å². The third-order valence-corrected chi connectivity index (χ3v) is 4.67. The first-order valence-corrected chi connectivity index (χ1v) is 8.19. The highest BCUT2D eigenvalue weighted by molar-refractivity contribution is 14.1. The lowest BCUT2D eigenvalue weighted by atomic mass is 10.0. The summed E-state index contributed by atoms with van der Waals surface area (Å²) in [6, 6.07) is 5.37. The van der Waals surface area contributed by atoms with Crippen LogP contribution in [0.15, 0.2) is 18.2 Å². The number of piperidine rings is 1. The molecule has 1 aliphatic heterocycles. The van der Waals surface area contributed by atoms with Crippen molar-refractivity contribution in [3.05, 3.63) is 27.3 Å². The normalized spacial score (nSPS) is 19.9. The molecule has 0 bridgehead atoms. The molecule has 0 aromatic heterocycles. The maximum Gasteiger partial charge on any atom is 0.257 e. The lowest BCUT2D eigenvalue weighted by Crippen LogP contribution is -2.44. The second kappa shape index (κ2) is 6.23. The van der Waals surface area contributed by atoms with Gasteiger partial charge in [0, 0.05) is 21.5 Å². The van der Waals surface area contributed by atoms with Gasteiger partial charge in [0.25, 0.3) is 5.91 Å². The number of hydrogen-bond donors (Lipinski definition) is 1. The van der Waals surface area contributed by atoms with Crippen molar-refractivity contribution in [3.8, 4) is 5.75 Å². The molecule has 1 unspecified atom stereocenters. The molecule has 1 aromatic carbocycles. The highest BCUT2D eigenvalue weighted by Crippen LogP contribution is 2.26. The first kappa shape index (κ1) is 14.1. The molecule has 3 nitrogen and oxygen atoms in total. The van der Waals surface area contributed by atoms with Gasteiger partial charge >= 0.3 is 0 Å². The number of halogens is 2. The first-order chi connectivity index (χ1) is 8.63. The number of benzene rings is 1. The van der Waals surface area contributed by atoms with Crippen LogP contribution in [0.1, 0.15) is 29.6 Å². The maximum absolute atomic E-state index is 12.5. The molecule has 1 amide bonds. The minimum atomic E-state index is -0.0600. The molecule has 1 heterocycles. The molecule has 1 atom stereocenters. The number of carbonyl (C=O) groups is 1. The van der Waals surface area contributed by atoms with Gasteiger partial charge < -0.3 is 10.0 Å². The Morgan fingerprint density at radius 1 is 1.50 bits per heavy atom. The number of phenolic OH excluding ortho intramolecular Hbond substituents is 1. The van der Waals surface area contributed by atoms with Crippen LogP contribution in [-0.4, -0.2) is 33.8 Å². The summed E-state index contributed by atoms with van der Waals surface area (Å²) in [4.78, 5) is 14.4. The number of likely N-dealkylation sites (tertiary alicyclic amines) is 1. The average Bonchev–Trinajstić information content (AvgIpc) is 2.40. The largest absolute Gasteiger partial charge is 0.507 e. The van der Waals surface area contributed by atoms with Crippen molar-refractivity contribution in [1.29, 1.82) is 0 Å². The van der Waals surface area contributed by atoms with Crippen LogP contribution in [0, 0.1) is 3.57 Å². The van der Waals surface area contributed by atoms with Gasteiger partial charge in [-0.15, -0.1) is 0 Å². The Hall–Kier alpha value is -0.300. The summed E-state index contributed by atoms with van der Waals surface area (Å²) in [5.41, 5.74) is 0.412. The van der Waals surface area contributed by atoms with Gasteiger partial charge in [-0.05, 0) is 60.1 Å². The van der Waals surface area contributed by atoms with Crippen molar-refractivity contribution in [2.45, 2.75) is 25.3 Å². The molecule has 18 heavy (non-hydrogen) atoms. The third-order valence-electron chi connectivity index (χ3n) is 3.26. The first-order valence-electron chi connectivity index (χ1n) is 5.99. The molecule has 1 N–H and O–H groups in total. The molecule has 5 heteroatoms. The topological polar surface area (TPSA) is 40.5 Å². The Kier molecular flexibility index (Phi) is 4.89. The van der Waals surface area contributed by atoms with E-state index in [9.17, 15) is 9.90 Å². The van der Waals surface area contributed by atoms with Crippen LogP contribution in [0.4, 0.5) is 0 Å². The van der Waals surface area contributed by atoms with Crippen molar-refractivity contribution in [1.82, 2.24) is 4.90 Å². The van der Waals surface area contributed by atoms with Crippen LogP contribution in [0.3, 0.4) is 0 Å². The number of rotatable bonds is 2. The highest BCUT2D eigenvalue weighted by Gasteiger charge is 2.28. The Labute approximate surface area is 129 Å². The van der Waals surface area contributed by atoms with Crippen molar-refractivity contribution in [3.63, 3.8) is 0 Å². The summed E-state index contributed by atoms with van der Waals surface area (Å²) in [5, 5.41) is 10.6. The molecule has 0 spiro atoms. The van der Waals surface area contributed by atoms with E-state index in [4.69, 9.17) is 0 Å². The number of alkyl halides is 1. The summed E-state index contributed by atoms with van der Waals surface area (Å²) >= 11 is 5.62. The smallest absolute Gasteiger partial charge is 0.257 e. The Balaban J connectivity index is 2.26. The summed E-state index contributed by atoms with van der Waals surface area (Å²) in [6.07, 6.45) is 3.24. The van der Waals surface area contributed by atoms with E-state index in [-0.39, 0.29) is 17.7 Å². The van der Waals surface area contributed by atoms with Gasteiger partial charge in [-0.25, -0.2) is 0 Å². The monoisotopic (exact) mass is 423 g/mol. The van der Waals surface area contributed by atoms with E-state index in [0.29, 0.717) is 5.56 Å². The third kappa shape index (κ3) is 2.99.